The number of aryl methyl sites for hydroxylation is 2. The molecule has 2 heterocycles. The molecule has 1 aliphatic carbocycles. The Kier molecular flexibility index (Phi) is 2.48. The van der Waals surface area contributed by atoms with Crippen molar-refractivity contribution in [2.24, 2.45) is 5.73 Å². The van der Waals surface area contributed by atoms with E-state index in [9.17, 15) is 0 Å². The highest BCUT2D eigenvalue weighted by Crippen LogP contribution is 2.28. The third kappa shape index (κ3) is 1.67. The normalized spacial score (nSPS) is 14.2. The smallest absolute Gasteiger partial charge is 0.157 e. The van der Waals surface area contributed by atoms with Crippen molar-refractivity contribution < 1.29 is 0 Å². The predicted octanol–water partition coefficient (Wildman–Crippen LogP) is 0.897. The zero-order valence-electron chi connectivity index (χ0n) is 10.0. The molecule has 17 heavy (non-hydrogen) atoms. The fraction of sp³-hybridized carbons (Fsp3) is 0.500. The number of nitrogens with two attached hydrogens (primary N) is 1. The Morgan fingerprint density at radius 2 is 2.35 bits per heavy atom. The SMILES string of the molecule is Cc1cc2nc3c(c(NCCN)n2n1)CCC3. The minimum atomic E-state index is 0.624. The average molecular weight is 231 g/mol. The molecular weight excluding hydrogens is 214 g/mol. The maximum absolute atomic E-state index is 5.56. The van der Waals surface area contributed by atoms with Gasteiger partial charge in [0.1, 0.15) is 5.82 Å². The molecular formula is C12H17N5. The van der Waals surface area contributed by atoms with Crippen molar-refractivity contribution in [1.82, 2.24) is 14.6 Å². The molecule has 0 unspecified atom stereocenters. The van der Waals surface area contributed by atoms with Crippen LogP contribution < -0.4 is 11.1 Å². The number of nitrogens with zero attached hydrogens (tertiary/aromatic N) is 3. The van der Waals surface area contributed by atoms with Crippen LogP contribution in [0.5, 0.6) is 0 Å². The van der Waals surface area contributed by atoms with E-state index in [4.69, 9.17) is 5.73 Å². The Morgan fingerprint density at radius 1 is 1.47 bits per heavy atom. The molecule has 2 aromatic rings. The van der Waals surface area contributed by atoms with Gasteiger partial charge in [0.05, 0.1) is 5.69 Å². The van der Waals surface area contributed by atoms with E-state index >= 15 is 0 Å². The number of anilines is 1. The summed E-state index contributed by atoms with van der Waals surface area (Å²) in [6.45, 7) is 3.38. The van der Waals surface area contributed by atoms with Gasteiger partial charge in [-0.05, 0) is 26.2 Å². The highest BCUT2D eigenvalue weighted by Gasteiger charge is 2.20. The molecule has 90 valence electrons. The molecule has 3 N–H and O–H groups in total. The van der Waals surface area contributed by atoms with Crippen LogP contribution in [0.25, 0.3) is 5.65 Å². The fourth-order valence-electron chi connectivity index (χ4n) is 2.47. The first-order valence-electron chi connectivity index (χ1n) is 6.11. The van der Waals surface area contributed by atoms with Gasteiger partial charge in [-0.1, -0.05) is 0 Å². The second kappa shape index (κ2) is 4.00. The summed E-state index contributed by atoms with van der Waals surface area (Å²) < 4.78 is 1.91. The van der Waals surface area contributed by atoms with Gasteiger partial charge >= 0.3 is 0 Å². The maximum atomic E-state index is 5.56. The molecule has 0 radical (unpaired) electrons. The van der Waals surface area contributed by atoms with Crippen molar-refractivity contribution in [2.45, 2.75) is 26.2 Å². The van der Waals surface area contributed by atoms with E-state index in [1.54, 1.807) is 0 Å². The lowest BCUT2D eigenvalue weighted by Crippen LogP contribution is -2.17. The van der Waals surface area contributed by atoms with Gasteiger partial charge in [-0.3, -0.25) is 0 Å². The van der Waals surface area contributed by atoms with E-state index in [2.05, 4.69) is 15.4 Å². The Bertz CT molecular complexity index is 558. The summed E-state index contributed by atoms with van der Waals surface area (Å²) in [7, 11) is 0. The number of nitrogens with one attached hydrogen (secondary N) is 1. The van der Waals surface area contributed by atoms with E-state index in [-0.39, 0.29) is 0 Å². The number of hydrogen-bond donors (Lipinski definition) is 2. The Balaban J connectivity index is 2.19. The van der Waals surface area contributed by atoms with Crippen LogP contribution in [0.1, 0.15) is 23.4 Å². The van der Waals surface area contributed by atoms with Gasteiger partial charge in [0, 0.05) is 30.4 Å². The number of hydrogen-bond acceptors (Lipinski definition) is 4. The van der Waals surface area contributed by atoms with Gasteiger partial charge in [-0.2, -0.15) is 9.61 Å². The van der Waals surface area contributed by atoms with Crippen molar-refractivity contribution in [3.05, 3.63) is 23.0 Å². The number of fused-ring (bicyclic) bond motifs is 2. The maximum Gasteiger partial charge on any atom is 0.157 e. The first kappa shape index (κ1) is 10.5. The molecule has 0 fully saturated rings. The molecule has 2 aromatic heterocycles. The van der Waals surface area contributed by atoms with Crippen molar-refractivity contribution in [1.29, 1.82) is 0 Å². The molecule has 0 aromatic carbocycles. The van der Waals surface area contributed by atoms with Crippen molar-refractivity contribution in [2.75, 3.05) is 18.4 Å². The van der Waals surface area contributed by atoms with Crippen LogP contribution in [0.2, 0.25) is 0 Å². The molecule has 0 aliphatic heterocycles. The third-order valence-corrected chi connectivity index (χ3v) is 3.19. The van der Waals surface area contributed by atoms with Gasteiger partial charge < -0.3 is 11.1 Å². The molecule has 0 atom stereocenters. The van der Waals surface area contributed by atoms with E-state index in [0.717, 1.165) is 36.5 Å². The highest BCUT2D eigenvalue weighted by molar-refractivity contribution is 5.57. The number of aromatic nitrogens is 3. The first-order valence-corrected chi connectivity index (χ1v) is 6.11. The van der Waals surface area contributed by atoms with E-state index in [1.807, 2.05) is 17.5 Å². The molecule has 0 bridgehead atoms. The van der Waals surface area contributed by atoms with E-state index in [0.29, 0.717) is 6.54 Å². The molecule has 5 heteroatoms. The largest absolute Gasteiger partial charge is 0.368 e. The zero-order valence-corrected chi connectivity index (χ0v) is 10.0. The monoisotopic (exact) mass is 231 g/mol. The molecule has 0 saturated carbocycles. The van der Waals surface area contributed by atoms with Crippen molar-refractivity contribution in [3.63, 3.8) is 0 Å². The summed E-state index contributed by atoms with van der Waals surface area (Å²) in [5, 5.41) is 7.88. The lowest BCUT2D eigenvalue weighted by atomic mass is 10.2. The Labute approximate surface area is 100 Å². The fourth-order valence-corrected chi connectivity index (χ4v) is 2.47. The topological polar surface area (TPSA) is 68.2 Å². The minimum absolute atomic E-state index is 0.624. The summed E-state index contributed by atoms with van der Waals surface area (Å²) in [6.07, 6.45) is 3.35. The third-order valence-electron chi connectivity index (χ3n) is 3.19. The second-order valence-electron chi connectivity index (χ2n) is 4.51. The van der Waals surface area contributed by atoms with Gasteiger partial charge in [-0.15, -0.1) is 0 Å². The lowest BCUT2D eigenvalue weighted by Gasteiger charge is -2.12. The van der Waals surface area contributed by atoms with Gasteiger partial charge in [-0.25, -0.2) is 4.98 Å². The minimum Gasteiger partial charge on any atom is -0.368 e. The average Bonchev–Trinajstić information content (AvgIpc) is 2.89. The van der Waals surface area contributed by atoms with Crippen molar-refractivity contribution >= 4 is 11.5 Å². The van der Waals surface area contributed by atoms with Gasteiger partial charge in [0.2, 0.25) is 0 Å². The zero-order chi connectivity index (χ0) is 11.8. The molecule has 3 rings (SSSR count). The van der Waals surface area contributed by atoms with Crippen LogP contribution in [-0.4, -0.2) is 27.7 Å². The van der Waals surface area contributed by atoms with Crippen LogP contribution >= 0.6 is 0 Å². The van der Waals surface area contributed by atoms with Gasteiger partial charge in [0.25, 0.3) is 0 Å². The van der Waals surface area contributed by atoms with Gasteiger partial charge in [0.15, 0.2) is 5.65 Å². The Hall–Kier alpha value is -1.62. The summed E-state index contributed by atoms with van der Waals surface area (Å²) >= 11 is 0. The summed E-state index contributed by atoms with van der Waals surface area (Å²) in [5.41, 5.74) is 10.0. The molecule has 0 amide bonds. The first-order chi connectivity index (χ1) is 8.29. The predicted molar refractivity (Wildman–Crippen MR) is 67.3 cm³/mol. The molecule has 1 aliphatic rings. The summed E-state index contributed by atoms with van der Waals surface area (Å²) in [6, 6.07) is 2.02. The highest BCUT2D eigenvalue weighted by atomic mass is 15.3. The Morgan fingerprint density at radius 3 is 3.18 bits per heavy atom. The van der Waals surface area contributed by atoms with Crippen LogP contribution in [0.3, 0.4) is 0 Å². The lowest BCUT2D eigenvalue weighted by molar-refractivity contribution is 0.882. The van der Waals surface area contributed by atoms with Crippen LogP contribution in [-0.2, 0) is 12.8 Å². The molecule has 0 saturated heterocycles. The molecule has 5 nitrogen and oxygen atoms in total. The van der Waals surface area contributed by atoms with Crippen molar-refractivity contribution in [3.8, 4) is 0 Å². The van der Waals surface area contributed by atoms with Crippen LogP contribution in [0, 0.1) is 6.92 Å². The number of rotatable bonds is 3. The summed E-state index contributed by atoms with van der Waals surface area (Å²) in [5.74, 6) is 1.08. The second-order valence-corrected chi connectivity index (χ2v) is 4.51. The van der Waals surface area contributed by atoms with Crippen LogP contribution in [0.4, 0.5) is 5.82 Å². The standard InChI is InChI=1S/C12H17N5/c1-8-7-11-15-10-4-2-3-9(10)12(14-6-5-13)17(11)16-8/h7,14H,2-6,13H2,1H3. The molecule has 0 spiro atoms. The summed E-state index contributed by atoms with van der Waals surface area (Å²) in [4.78, 5) is 4.67. The van der Waals surface area contributed by atoms with E-state index < -0.39 is 0 Å². The van der Waals surface area contributed by atoms with E-state index in [1.165, 1.54) is 17.7 Å². The van der Waals surface area contributed by atoms with Crippen LogP contribution in [0.15, 0.2) is 6.07 Å². The quantitative estimate of drug-likeness (QED) is 0.823.